The Bertz CT molecular complexity index is 1630. The highest BCUT2D eigenvalue weighted by molar-refractivity contribution is 7.99. The third-order valence-electron chi connectivity index (χ3n) is 6.14. The summed E-state index contributed by atoms with van der Waals surface area (Å²) >= 11 is 8.24. The van der Waals surface area contributed by atoms with E-state index in [1.807, 2.05) is 66.7 Å². The summed E-state index contributed by atoms with van der Waals surface area (Å²) in [5.41, 5.74) is 3.63. The molecule has 8 heteroatoms. The summed E-state index contributed by atoms with van der Waals surface area (Å²) in [7, 11) is 4.11. The lowest BCUT2D eigenvalue weighted by Crippen LogP contribution is -2.25. The van der Waals surface area contributed by atoms with Gasteiger partial charge in [-0.3, -0.25) is 4.98 Å². The van der Waals surface area contributed by atoms with Gasteiger partial charge < -0.3 is 20.0 Å². The van der Waals surface area contributed by atoms with Gasteiger partial charge in [-0.15, -0.1) is 0 Å². The van der Waals surface area contributed by atoms with Crippen LogP contribution in [0.2, 0.25) is 5.02 Å². The van der Waals surface area contributed by atoms with Crippen molar-refractivity contribution >= 4 is 45.6 Å². The first-order chi connectivity index (χ1) is 19.0. The fraction of sp³-hybridized carbons (Fsp3) is 0.161. The van der Waals surface area contributed by atoms with E-state index >= 15 is 0 Å². The Morgan fingerprint density at radius 1 is 1.03 bits per heavy atom. The van der Waals surface area contributed by atoms with Crippen molar-refractivity contribution in [2.24, 2.45) is 0 Å². The van der Waals surface area contributed by atoms with Crippen LogP contribution in [0.15, 0.2) is 99.3 Å². The van der Waals surface area contributed by atoms with Gasteiger partial charge in [0.05, 0.1) is 28.3 Å². The molecule has 6 nitrogen and oxygen atoms in total. The van der Waals surface area contributed by atoms with E-state index in [0.717, 1.165) is 56.6 Å². The van der Waals surface area contributed by atoms with E-state index in [9.17, 15) is 5.26 Å². The first-order valence-electron chi connectivity index (χ1n) is 12.6. The van der Waals surface area contributed by atoms with Crippen molar-refractivity contribution in [3.05, 3.63) is 101 Å². The van der Waals surface area contributed by atoms with Gasteiger partial charge in [-0.1, -0.05) is 47.6 Å². The van der Waals surface area contributed by atoms with Crippen molar-refractivity contribution in [2.75, 3.05) is 32.5 Å². The summed E-state index contributed by atoms with van der Waals surface area (Å²) in [4.78, 5) is 8.77. The number of likely N-dealkylation sites (N-methyl/N-ethyl adjacent to an activating group) is 1. The van der Waals surface area contributed by atoms with Crippen molar-refractivity contribution in [1.82, 2.24) is 15.2 Å². The lowest BCUT2D eigenvalue weighted by molar-refractivity contribution is 0.392. The van der Waals surface area contributed by atoms with Gasteiger partial charge in [0.15, 0.2) is 0 Å². The second kappa shape index (κ2) is 12.4. The summed E-state index contributed by atoms with van der Waals surface area (Å²) in [6, 6.07) is 28.1. The fourth-order valence-corrected chi connectivity index (χ4v) is 5.27. The number of benzene rings is 3. The zero-order valence-corrected chi connectivity index (χ0v) is 23.3. The normalized spacial score (nSPS) is 11.2. The molecule has 3 aromatic carbocycles. The Morgan fingerprint density at radius 3 is 2.64 bits per heavy atom. The lowest BCUT2D eigenvalue weighted by atomic mass is 10.1. The molecule has 2 heterocycles. The van der Waals surface area contributed by atoms with Crippen LogP contribution in [0.3, 0.4) is 0 Å². The number of hydrogen-bond donors (Lipinski definition) is 2. The Balaban J connectivity index is 1.36. The van der Waals surface area contributed by atoms with Crippen LogP contribution < -0.4 is 10.6 Å². The molecule has 2 N–H and O–H groups in total. The SMILES string of the molecule is CN(C)CCNCc1ccc(-c2ccc3c(Nc4ccc(Sc5ccccc5)c(Cl)c4)c(C#N)cnc3c2)o1. The average molecular weight is 554 g/mol. The molecule has 5 rings (SSSR count). The number of anilines is 2. The molecule has 0 bridgehead atoms. The monoisotopic (exact) mass is 553 g/mol. The van der Waals surface area contributed by atoms with Crippen LogP contribution in [0.25, 0.3) is 22.2 Å². The number of pyridine rings is 1. The molecular weight excluding hydrogens is 526 g/mol. The van der Waals surface area contributed by atoms with Gasteiger partial charge in [0.2, 0.25) is 0 Å². The molecule has 2 aromatic heterocycles. The molecule has 0 aliphatic carbocycles. The smallest absolute Gasteiger partial charge is 0.134 e. The summed E-state index contributed by atoms with van der Waals surface area (Å²) in [6.07, 6.45) is 1.60. The van der Waals surface area contributed by atoms with Crippen LogP contribution in [-0.2, 0) is 6.54 Å². The molecule has 5 aromatic rings. The molecule has 0 fully saturated rings. The van der Waals surface area contributed by atoms with Crippen LogP contribution in [0.1, 0.15) is 11.3 Å². The highest BCUT2D eigenvalue weighted by atomic mass is 35.5. The number of nitriles is 1. The van der Waals surface area contributed by atoms with Crippen molar-refractivity contribution in [2.45, 2.75) is 16.3 Å². The maximum atomic E-state index is 9.79. The predicted molar refractivity (Wildman–Crippen MR) is 160 cm³/mol. The Kier molecular flexibility index (Phi) is 8.50. The van der Waals surface area contributed by atoms with Gasteiger partial charge >= 0.3 is 0 Å². The van der Waals surface area contributed by atoms with Crippen molar-refractivity contribution in [1.29, 1.82) is 5.26 Å². The van der Waals surface area contributed by atoms with Crippen molar-refractivity contribution in [3.8, 4) is 17.4 Å². The van der Waals surface area contributed by atoms with Crippen LogP contribution in [0, 0.1) is 11.3 Å². The number of halogens is 1. The van der Waals surface area contributed by atoms with Crippen LogP contribution in [0.5, 0.6) is 0 Å². The summed E-state index contributed by atoms with van der Waals surface area (Å²) < 4.78 is 6.07. The zero-order chi connectivity index (χ0) is 27.2. The highest BCUT2D eigenvalue weighted by Crippen LogP contribution is 2.37. The Morgan fingerprint density at radius 2 is 1.87 bits per heavy atom. The number of nitrogens with one attached hydrogen (secondary N) is 2. The number of nitrogens with zero attached hydrogens (tertiary/aromatic N) is 3. The highest BCUT2D eigenvalue weighted by Gasteiger charge is 2.13. The maximum Gasteiger partial charge on any atom is 0.134 e. The van der Waals surface area contributed by atoms with Gasteiger partial charge in [0.25, 0.3) is 0 Å². The van der Waals surface area contributed by atoms with Crippen LogP contribution >= 0.6 is 23.4 Å². The predicted octanol–water partition coefficient (Wildman–Crippen LogP) is 7.57. The minimum Gasteiger partial charge on any atom is -0.460 e. The summed E-state index contributed by atoms with van der Waals surface area (Å²) in [6.45, 7) is 2.53. The second-order valence-corrected chi connectivity index (χ2v) is 10.8. The minimum atomic E-state index is 0.457. The molecule has 0 aliphatic rings. The quantitative estimate of drug-likeness (QED) is 0.173. The molecule has 0 saturated carbocycles. The van der Waals surface area contributed by atoms with Crippen LogP contribution in [0.4, 0.5) is 11.4 Å². The lowest BCUT2D eigenvalue weighted by Gasteiger charge is -2.13. The number of aromatic nitrogens is 1. The molecule has 0 aliphatic heterocycles. The molecule has 0 unspecified atom stereocenters. The molecule has 0 radical (unpaired) electrons. The van der Waals surface area contributed by atoms with E-state index in [1.165, 1.54) is 0 Å². The number of rotatable bonds is 10. The minimum absolute atomic E-state index is 0.457. The van der Waals surface area contributed by atoms with E-state index < -0.39 is 0 Å². The van der Waals surface area contributed by atoms with E-state index in [1.54, 1.807) is 18.0 Å². The third kappa shape index (κ3) is 6.62. The average Bonchev–Trinajstić information content (AvgIpc) is 3.42. The largest absolute Gasteiger partial charge is 0.460 e. The second-order valence-electron chi connectivity index (χ2n) is 9.32. The Labute approximate surface area is 237 Å². The first-order valence-corrected chi connectivity index (χ1v) is 13.8. The van der Waals surface area contributed by atoms with Crippen LogP contribution in [-0.4, -0.2) is 37.1 Å². The summed E-state index contributed by atoms with van der Waals surface area (Å²) in [5, 5.41) is 18.1. The van der Waals surface area contributed by atoms with E-state index in [0.29, 0.717) is 22.8 Å². The van der Waals surface area contributed by atoms with Crippen molar-refractivity contribution in [3.63, 3.8) is 0 Å². The first kappa shape index (κ1) is 26.8. The van der Waals surface area contributed by atoms with Gasteiger partial charge in [-0.25, -0.2) is 0 Å². The molecule has 39 heavy (non-hydrogen) atoms. The summed E-state index contributed by atoms with van der Waals surface area (Å²) in [5.74, 6) is 1.66. The molecule has 0 saturated heterocycles. The molecule has 196 valence electrons. The van der Waals surface area contributed by atoms with Crippen molar-refractivity contribution < 1.29 is 4.42 Å². The molecule has 0 amide bonds. The molecular formula is C31H28ClN5OS. The maximum absolute atomic E-state index is 9.79. The Hall–Kier alpha value is -3.80. The molecule has 0 spiro atoms. The third-order valence-corrected chi connectivity index (χ3v) is 7.65. The zero-order valence-electron chi connectivity index (χ0n) is 21.7. The van der Waals surface area contributed by atoms with Gasteiger partial charge in [-0.05, 0) is 68.7 Å². The molecule has 0 atom stereocenters. The topological polar surface area (TPSA) is 77.1 Å². The number of fused-ring (bicyclic) bond motifs is 1. The number of hydrogen-bond acceptors (Lipinski definition) is 7. The number of furan rings is 1. The van der Waals surface area contributed by atoms with E-state index in [-0.39, 0.29) is 0 Å². The van der Waals surface area contributed by atoms with E-state index in [2.05, 4.69) is 52.8 Å². The fourth-order valence-electron chi connectivity index (χ4n) is 4.13. The van der Waals surface area contributed by atoms with Gasteiger partial charge in [0.1, 0.15) is 17.6 Å². The van der Waals surface area contributed by atoms with E-state index in [4.69, 9.17) is 16.0 Å². The standard InChI is InChI=1S/C31H28ClN5OS/c1-37(2)15-14-34-20-24-10-12-29(38-24)21-8-11-26-28(16-21)35-19-22(18-33)31(26)36-23-9-13-30(27(32)17-23)39-25-6-4-3-5-7-25/h3-13,16-17,19,34H,14-15,20H2,1-2H3,(H,35,36). The van der Waals surface area contributed by atoms with Gasteiger partial charge in [0, 0.05) is 45.7 Å². The van der Waals surface area contributed by atoms with Gasteiger partial charge in [-0.2, -0.15) is 5.26 Å².